The number of nitrogens with zero attached hydrogens (tertiary/aromatic N) is 1. The van der Waals surface area contributed by atoms with Crippen molar-refractivity contribution in [3.05, 3.63) is 78.6 Å². The van der Waals surface area contributed by atoms with Crippen molar-refractivity contribution in [2.24, 2.45) is 4.99 Å². The second-order valence-corrected chi connectivity index (χ2v) is 8.88. The van der Waals surface area contributed by atoms with Crippen molar-refractivity contribution in [2.75, 3.05) is 6.61 Å². The number of fused-ring (bicyclic) bond motifs is 1. The number of esters is 1. The molecule has 146 valence electrons. The second kappa shape index (κ2) is 8.83. The molecule has 0 unspecified atom stereocenters. The monoisotopic (exact) mass is 609 g/mol. The van der Waals surface area contributed by atoms with E-state index >= 15 is 0 Å². The Hall–Kier alpha value is -1.94. The lowest BCUT2D eigenvalue weighted by Crippen LogP contribution is -2.05. The van der Waals surface area contributed by atoms with Gasteiger partial charge >= 0.3 is 5.97 Å². The van der Waals surface area contributed by atoms with Crippen LogP contribution in [0.5, 0.6) is 5.75 Å². The Morgan fingerprint density at radius 1 is 1.03 bits per heavy atom. The highest BCUT2D eigenvalue weighted by Crippen LogP contribution is 2.31. The number of benzene rings is 3. The molecule has 1 heterocycles. The van der Waals surface area contributed by atoms with Crippen LogP contribution in [0.2, 0.25) is 0 Å². The molecule has 0 bridgehead atoms. The Labute approximate surface area is 196 Å². The highest BCUT2D eigenvalue weighted by Gasteiger charge is 2.24. The first kappa shape index (κ1) is 20.3. The van der Waals surface area contributed by atoms with E-state index in [0.29, 0.717) is 18.2 Å². The predicted molar refractivity (Wildman–Crippen MR) is 132 cm³/mol. The van der Waals surface area contributed by atoms with E-state index in [9.17, 15) is 4.79 Å². The number of rotatable bonds is 5. The molecule has 0 spiro atoms. The Kier molecular flexibility index (Phi) is 6.19. The fourth-order valence-electron chi connectivity index (χ4n) is 3.02. The summed E-state index contributed by atoms with van der Waals surface area (Å²) in [5.74, 6) is 0.772. The van der Waals surface area contributed by atoms with E-state index < -0.39 is 5.97 Å². The zero-order chi connectivity index (χ0) is 20.4. The van der Waals surface area contributed by atoms with Gasteiger partial charge in [0.2, 0.25) is 5.90 Å². The topological polar surface area (TPSA) is 47.9 Å². The van der Waals surface area contributed by atoms with Crippen LogP contribution in [0.4, 0.5) is 0 Å². The minimum absolute atomic E-state index is 0.294. The Morgan fingerprint density at radius 3 is 2.48 bits per heavy atom. The van der Waals surface area contributed by atoms with Crippen LogP contribution in [-0.2, 0) is 9.53 Å². The van der Waals surface area contributed by atoms with Gasteiger partial charge in [-0.25, -0.2) is 9.79 Å². The van der Waals surface area contributed by atoms with Gasteiger partial charge in [-0.2, -0.15) is 0 Å². The molecule has 1 aliphatic heterocycles. The molecule has 0 amide bonds. The molecule has 0 radical (unpaired) electrons. The third-order valence-electron chi connectivity index (χ3n) is 4.39. The normalized spacial score (nSPS) is 14.9. The third-order valence-corrected chi connectivity index (χ3v) is 5.99. The van der Waals surface area contributed by atoms with Crippen LogP contribution in [0.3, 0.4) is 0 Å². The third kappa shape index (κ3) is 4.48. The summed E-state index contributed by atoms with van der Waals surface area (Å²) >= 11 is 4.51. The van der Waals surface area contributed by atoms with Crippen molar-refractivity contribution in [1.29, 1.82) is 0 Å². The zero-order valence-corrected chi connectivity index (χ0v) is 19.9. The number of carbonyl (C=O) groups excluding carboxylic acids is 1. The van der Waals surface area contributed by atoms with Gasteiger partial charge in [-0.15, -0.1) is 0 Å². The average Bonchev–Trinajstić information content (AvgIpc) is 3.07. The van der Waals surface area contributed by atoms with E-state index in [1.54, 1.807) is 6.08 Å². The zero-order valence-electron chi connectivity index (χ0n) is 15.6. The van der Waals surface area contributed by atoms with Crippen LogP contribution < -0.4 is 4.74 Å². The molecule has 4 rings (SSSR count). The Balaban J connectivity index is 1.65. The predicted octanol–water partition coefficient (Wildman–Crippen LogP) is 6.18. The van der Waals surface area contributed by atoms with Crippen molar-refractivity contribution in [3.8, 4) is 5.75 Å². The van der Waals surface area contributed by atoms with Gasteiger partial charge in [-0.1, -0.05) is 37.3 Å². The number of cyclic esters (lactones) is 1. The Bertz CT molecular complexity index is 1140. The highest BCUT2D eigenvalue weighted by atomic mass is 127. The summed E-state index contributed by atoms with van der Waals surface area (Å²) in [5.41, 5.74) is 1.97. The molecule has 6 heteroatoms. The summed E-state index contributed by atoms with van der Waals surface area (Å²) in [7, 11) is 0. The molecule has 29 heavy (non-hydrogen) atoms. The lowest BCUT2D eigenvalue weighted by Gasteiger charge is -2.10. The standard InChI is InChI=1S/C23H17I2NO3/c1-2-9-28-21-18(24)10-14(11-19(21)25)12-20-23(27)29-22(26-20)17-8-7-15-5-3-4-6-16(15)13-17/h3-8,10-13H,2,9H2,1H3/b20-12-. The number of hydrogen-bond donors (Lipinski definition) is 0. The molecule has 0 saturated carbocycles. The van der Waals surface area contributed by atoms with Crippen LogP contribution in [0.25, 0.3) is 16.8 Å². The molecule has 0 aliphatic carbocycles. The van der Waals surface area contributed by atoms with Gasteiger partial charge in [-0.05, 0) is 98.3 Å². The minimum Gasteiger partial charge on any atom is -0.491 e. The van der Waals surface area contributed by atoms with Gasteiger partial charge < -0.3 is 9.47 Å². The van der Waals surface area contributed by atoms with Crippen molar-refractivity contribution in [2.45, 2.75) is 13.3 Å². The molecule has 1 aliphatic rings. The maximum Gasteiger partial charge on any atom is 0.363 e. The molecule has 4 nitrogen and oxygen atoms in total. The molecule has 0 atom stereocenters. The highest BCUT2D eigenvalue weighted by molar-refractivity contribution is 14.1. The summed E-state index contributed by atoms with van der Waals surface area (Å²) < 4.78 is 13.3. The van der Waals surface area contributed by atoms with Crippen LogP contribution >= 0.6 is 45.2 Å². The quantitative estimate of drug-likeness (QED) is 0.197. The van der Waals surface area contributed by atoms with Gasteiger partial charge in [0, 0.05) is 5.56 Å². The number of ether oxygens (including phenoxy) is 2. The number of hydrogen-bond acceptors (Lipinski definition) is 4. The maximum absolute atomic E-state index is 12.4. The molecule has 3 aromatic rings. The van der Waals surface area contributed by atoms with Gasteiger partial charge in [0.25, 0.3) is 0 Å². The molecule has 0 fully saturated rings. The fraction of sp³-hybridized carbons (Fsp3) is 0.130. The van der Waals surface area contributed by atoms with Crippen LogP contribution in [0.15, 0.2) is 65.3 Å². The summed E-state index contributed by atoms with van der Waals surface area (Å²) in [6, 6.07) is 17.9. The summed E-state index contributed by atoms with van der Waals surface area (Å²) in [6.07, 6.45) is 2.71. The lowest BCUT2D eigenvalue weighted by atomic mass is 10.1. The first-order valence-corrected chi connectivity index (χ1v) is 11.3. The SMILES string of the molecule is CCCOc1c(I)cc(/C=C2\N=C(c3ccc4ccccc4c3)OC2=O)cc1I. The summed E-state index contributed by atoms with van der Waals surface area (Å²) in [6.45, 7) is 2.76. The van der Waals surface area contributed by atoms with E-state index in [1.165, 1.54) is 0 Å². The molecule has 0 saturated heterocycles. The fourth-order valence-corrected chi connectivity index (χ4v) is 5.15. The van der Waals surface area contributed by atoms with E-state index in [0.717, 1.165) is 41.2 Å². The molecule has 3 aromatic carbocycles. The molecular formula is C23H17I2NO3. The van der Waals surface area contributed by atoms with Crippen LogP contribution in [-0.4, -0.2) is 18.5 Å². The maximum atomic E-state index is 12.4. The average molecular weight is 609 g/mol. The van der Waals surface area contributed by atoms with E-state index in [1.807, 2.05) is 54.6 Å². The minimum atomic E-state index is -0.440. The molecular weight excluding hydrogens is 592 g/mol. The lowest BCUT2D eigenvalue weighted by molar-refractivity contribution is -0.129. The van der Waals surface area contributed by atoms with Crippen molar-refractivity contribution in [3.63, 3.8) is 0 Å². The van der Waals surface area contributed by atoms with Crippen molar-refractivity contribution >= 4 is 73.9 Å². The largest absolute Gasteiger partial charge is 0.491 e. The molecule has 0 N–H and O–H groups in total. The number of halogens is 2. The van der Waals surface area contributed by atoms with E-state index in [2.05, 4.69) is 57.1 Å². The number of aliphatic imine (C=N–C) groups is 1. The summed E-state index contributed by atoms with van der Waals surface area (Å²) in [5, 5.41) is 2.21. The van der Waals surface area contributed by atoms with E-state index in [4.69, 9.17) is 9.47 Å². The number of carbonyl (C=O) groups is 1. The smallest absolute Gasteiger partial charge is 0.363 e. The van der Waals surface area contributed by atoms with Crippen LogP contribution in [0, 0.1) is 7.14 Å². The second-order valence-electron chi connectivity index (χ2n) is 6.56. The van der Waals surface area contributed by atoms with Gasteiger partial charge in [0.1, 0.15) is 5.75 Å². The van der Waals surface area contributed by atoms with E-state index in [-0.39, 0.29) is 0 Å². The molecule has 0 aromatic heterocycles. The van der Waals surface area contributed by atoms with Gasteiger partial charge in [0.15, 0.2) is 5.70 Å². The first-order chi connectivity index (χ1) is 14.0. The van der Waals surface area contributed by atoms with Gasteiger partial charge in [0.05, 0.1) is 13.7 Å². The summed E-state index contributed by atoms with van der Waals surface area (Å²) in [4.78, 5) is 16.8. The van der Waals surface area contributed by atoms with Crippen molar-refractivity contribution < 1.29 is 14.3 Å². The van der Waals surface area contributed by atoms with Crippen LogP contribution in [0.1, 0.15) is 24.5 Å². The Morgan fingerprint density at radius 2 is 1.76 bits per heavy atom. The van der Waals surface area contributed by atoms with Gasteiger partial charge in [-0.3, -0.25) is 0 Å². The van der Waals surface area contributed by atoms with Crippen molar-refractivity contribution in [1.82, 2.24) is 0 Å². The first-order valence-electron chi connectivity index (χ1n) is 9.18.